The van der Waals surface area contributed by atoms with Crippen molar-refractivity contribution < 1.29 is 0 Å². The topological polar surface area (TPSA) is 42.1 Å². The lowest BCUT2D eigenvalue weighted by Gasteiger charge is -2.21. The van der Waals surface area contributed by atoms with Gasteiger partial charge in [-0.2, -0.15) is 0 Å². The number of hydrogen-bond donors (Lipinski definition) is 1. The molecule has 1 fully saturated rings. The van der Waals surface area contributed by atoms with Gasteiger partial charge < -0.3 is 5.73 Å². The van der Waals surface area contributed by atoms with Gasteiger partial charge in [-0.1, -0.05) is 11.6 Å². The summed E-state index contributed by atoms with van der Waals surface area (Å²) in [5.74, 6) is 0. The third kappa shape index (κ3) is 2.25. The van der Waals surface area contributed by atoms with Crippen LogP contribution in [0.3, 0.4) is 0 Å². The Balaban J connectivity index is 1.96. The van der Waals surface area contributed by atoms with Crippen LogP contribution in [0.1, 0.15) is 17.7 Å². The van der Waals surface area contributed by atoms with E-state index in [0.29, 0.717) is 10.5 Å². The second-order valence-electron chi connectivity index (χ2n) is 3.58. The van der Waals surface area contributed by atoms with Gasteiger partial charge in [0.1, 0.15) is 0 Å². The van der Waals surface area contributed by atoms with Crippen molar-refractivity contribution in [1.82, 2.24) is 9.88 Å². The number of rotatable bonds is 3. The highest BCUT2D eigenvalue weighted by Crippen LogP contribution is 2.23. The molecule has 1 aliphatic rings. The van der Waals surface area contributed by atoms with Gasteiger partial charge in [0.05, 0.1) is 0 Å². The zero-order valence-corrected chi connectivity index (χ0v) is 9.52. The molecule has 1 unspecified atom stereocenters. The number of hydrogen-bond acceptors (Lipinski definition) is 4. The van der Waals surface area contributed by atoms with Gasteiger partial charge in [0.15, 0.2) is 4.47 Å². The maximum Gasteiger partial charge on any atom is 0.183 e. The fourth-order valence-electron chi connectivity index (χ4n) is 1.93. The highest BCUT2D eigenvalue weighted by Gasteiger charge is 2.23. The van der Waals surface area contributed by atoms with E-state index in [-0.39, 0.29) is 0 Å². The van der Waals surface area contributed by atoms with Crippen LogP contribution in [0.2, 0.25) is 4.47 Å². The van der Waals surface area contributed by atoms with E-state index >= 15 is 0 Å². The summed E-state index contributed by atoms with van der Waals surface area (Å²) in [5.41, 5.74) is 5.70. The van der Waals surface area contributed by atoms with Crippen LogP contribution in [0, 0.1) is 0 Å². The number of nitrogens with two attached hydrogens (primary N) is 1. The molecule has 1 aromatic rings. The Bertz CT molecular complexity index is 302. The molecule has 3 nitrogen and oxygen atoms in total. The summed E-state index contributed by atoms with van der Waals surface area (Å²) in [6.07, 6.45) is 4.34. The number of aromatic nitrogens is 1. The zero-order valence-electron chi connectivity index (χ0n) is 7.95. The molecule has 14 heavy (non-hydrogen) atoms. The van der Waals surface area contributed by atoms with Crippen LogP contribution in [0.5, 0.6) is 0 Å². The Morgan fingerprint density at radius 2 is 2.57 bits per heavy atom. The van der Waals surface area contributed by atoms with Gasteiger partial charge in [-0.05, 0) is 19.4 Å². The molecule has 0 amide bonds. The molecular weight excluding hydrogens is 218 g/mol. The average Bonchev–Trinajstić information content (AvgIpc) is 2.76. The van der Waals surface area contributed by atoms with Crippen LogP contribution in [-0.4, -0.2) is 29.0 Å². The maximum atomic E-state index is 5.78. The summed E-state index contributed by atoms with van der Waals surface area (Å²) in [4.78, 5) is 7.69. The zero-order chi connectivity index (χ0) is 9.97. The Hall–Kier alpha value is -0.160. The van der Waals surface area contributed by atoms with Crippen molar-refractivity contribution >= 4 is 22.9 Å². The number of thiazole rings is 1. The minimum atomic E-state index is 0.552. The van der Waals surface area contributed by atoms with E-state index in [0.717, 1.165) is 19.6 Å². The molecule has 0 bridgehead atoms. The molecule has 0 aliphatic carbocycles. The summed E-state index contributed by atoms with van der Waals surface area (Å²) >= 11 is 7.34. The molecule has 1 atom stereocenters. The van der Waals surface area contributed by atoms with Gasteiger partial charge >= 0.3 is 0 Å². The predicted octanol–water partition coefficient (Wildman–Crippen LogP) is 1.72. The second-order valence-corrected chi connectivity index (χ2v) is 5.28. The van der Waals surface area contributed by atoms with Crippen molar-refractivity contribution in [2.75, 3.05) is 13.1 Å². The molecule has 0 saturated carbocycles. The lowest BCUT2D eigenvalue weighted by atomic mass is 10.2. The first-order chi connectivity index (χ1) is 6.79. The Kier molecular flexibility index (Phi) is 3.38. The molecule has 1 aliphatic heterocycles. The van der Waals surface area contributed by atoms with Crippen molar-refractivity contribution in [3.63, 3.8) is 0 Å². The van der Waals surface area contributed by atoms with Crippen LogP contribution < -0.4 is 5.73 Å². The van der Waals surface area contributed by atoms with E-state index in [1.807, 2.05) is 6.20 Å². The summed E-state index contributed by atoms with van der Waals surface area (Å²) in [6, 6.07) is 0.552. The van der Waals surface area contributed by atoms with E-state index < -0.39 is 0 Å². The standard InChI is InChI=1S/C9H14ClN3S/c10-9-12-5-8(14-9)6-13-3-1-2-7(13)4-11/h5,7H,1-4,6,11H2. The fourth-order valence-corrected chi connectivity index (χ4v) is 2.93. The average molecular weight is 232 g/mol. The van der Waals surface area contributed by atoms with Crippen molar-refractivity contribution in [3.8, 4) is 0 Å². The minimum Gasteiger partial charge on any atom is -0.329 e. The van der Waals surface area contributed by atoms with Gasteiger partial charge in [-0.3, -0.25) is 4.90 Å². The quantitative estimate of drug-likeness (QED) is 0.862. The second kappa shape index (κ2) is 4.57. The normalized spacial score (nSPS) is 23.1. The third-order valence-electron chi connectivity index (χ3n) is 2.66. The molecular formula is C9H14ClN3S. The van der Waals surface area contributed by atoms with Crippen LogP contribution in [0.15, 0.2) is 6.20 Å². The highest BCUT2D eigenvalue weighted by atomic mass is 35.5. The van der Waals surface area contributed by atoms with Gasteiger partial charge in [0, 0.05) is 30.2 Å². The summed E-state index contributed by atoms with van der Waals surface area (Å²) < 4.78 is 0.628. The first kappa shape index (κ1) is 10.4. The minimum absolute atomic E-state index is 0.552. The SMILES string of the molecule is NCC1CCCN1Cc1cnc(Cl)s1. The van der Waals surface area contributed by atoms with Crippen molar-refractivity contribution in [2.24, 2.45) is 5.73 Å². The molecule has 78 valence electrons. The van der Waals surface area contributed by atoms with E-state index in [1.165, 1.54) is 17.7 Å². The smallest absolute Gasteiger partial charge is 0.183 e. The maximum absolute atomic E-state index is 5.78. The first-order valence-corrected chi connectivity index (χ1v) is 6.03. The third-order valence-corrected chi connectivity index (χ3v) is 3.76. The highest BCUT2D eigenvalue weighted by molar-refractivity contribution is 7.15. The van der Waals surface area contributed by atoms with Gasteiger partial charge in [0.2, 0.25) is 0 Å². The predicted molar refractivity (Wildman–Crippen MR) is 59.6 cm³/mol. The lowest BCUT2D eigenvalue weighted by Crippen LogP contribution is -2.34. The lowest BCUT2D eigenvalue weighted by molar-refractivity contribution is 0.252. The van der Waals surface area contributed by atoms with Gasteiger partial charge in [-0.15, -0.1) is 11.3 Å². The van der Waals surface area contributed by atoms with Crippen LogP contribution in [0.4, 0.5) is 0 Å². The van der Waals surface area contributed by atoms with Crippen LogP contribution in [0.25, 0.3) is 0 Å². The molecule has 2 N–H and O–H groups in total. The van der Waals surface area contributed by atoms with E-state index in [1.54, 1.807) is 11.3 Å². The summed E-state index contributed by atoms with van der Waals surface area (Å²) in [7, 11) is 0. The van der Waals surface area contributed by atoms with Crippen molar-refractivity contribution in [1.29, 1.82) is 0 Å². The monoisotopic (exact) mass is 231 g/mol. The Labute approximate surface area is 92.9 Å². The largest absolute Gasteiger partial charge is 0.329 e. The van der Waals surface area contributed by atoms with E-state index in [9.17, 15) is 0 Å². The van der Waals surface area contributed by atoms with Crippen LogP contribution in [-0.2, 0) is 6.54 Å². The first-order valence-electron chi connectivity index (χ1n) is 4.84. The Morgan fingerprint density at radius 1 is 1.71 bits per heavy atom. The molecule has 1 aromatic heterocycles. The number of halogens is 1. The van der Waals surface area contributed by atoms with Crippen molar-refractivity contribution in [3.05, 3.63) is 15.5 Å². The number of likely N-dealkylation sites (tertiary alicyclic amines) is 1. The van der Waals surface area contributed by atoms with Gasteiger partial charge in [0.25, 0.3) is 0 Å². The molecule has 1 saturated heterocycles. The summed E-state index contributed by atoms with van der Waals surface area (Å²) in [5, 5.41) is 0. The Morgan fingerprint density at radius 3 is 3.21 bits per heavy atom. The molecule has 0 aromatic carbocycles. The van der Waals surface area contributed by atoms with Gasteiger partial charge in [-0.25, -0.2) is 4.98 Å². The molecule has 2 heterocycles. The molecule has 5 heteroatoms. The molecule has 0 spiro atoms. The fraction of sp³-hybridized carbons (Fsp3) is 0.667. The molecule has 0 radical (unpaired) electrons. The number of nitrogens with zero attached hydrogens (tertiary/aromatic N) is 2. The van der Waals surface area contributed by atoms with Crippen LogP contribution >= 0.6 is 22.9 Å². The van der Waals surface area contributed by atoms with E-state index in [4.69, 9.17) is 17.3 Å². The molecule has 2 rings (SSSR count). The summed E-state index contributed by atoms with van der Waals surface area (Å²) in [6.45, 7) is 2.86. The van der Waals surface area contributed by atoms with Crippen molar-refractivity contribution in [2.45, 2.75) is 25.4 Å². The van der Waals surface area contributed by atoms with E-state index in [2.05, 4.69) is 9.88 Å².